The lowest BCUT2D eigenvalue weighted by molar-refractivity contribution is 0.0526. The highest BCUT2D eigenvalue weighted by atomic mass is 16.6. The monoisotopic (exact) mass is 209 g/mol. The molecule has 1 aliphatic heterocycles. The van der Waals surface area contributed by atoms with Gasteiger partial charge in [-0.1, -0.05) is 0 Å². The Hall–Kier alpha value is -1.42. The molecule has 4 nitrogen and oxygen atoms in total. The lowest BCUT2D eigenvalue weighted by atomic mass is 10.2. The summed E-state index contributed by atoms with van der Waals surface area (Å²) in [5.41, 5.74) is 1.47. The molecule has 0 bridgehead atoms. The Kier molecular flexibility index (Phi) is 4.77. The number of aryl methyl sites for hydroxylation is 1. The fourth-order valence-electron chi connectivity index (χ4n) is 0.881. The number of esters is 1. The molecule has 1 aliphatic rings. The summed E-state index contributed by atoms with van der Waals surface area (Å²) in [6.45, 7) is 6.06. The molecule has 0 saturated carbocycles. The highest BCUT2D eigenvalue weighted by Crippen LogP contribution is 2.02. The van der Waals surface area contributed by atoms with E-state index in [-0.39, 0.29) is 5.97 Å². The van der Waals surface area contributed by atoms with Crippen LogP contribution < -0.4 is 0 Å². The maximum Gasteiger partial charge on any atom is 0.339 e. The van der Waals surface area contributed by atoms with Crippen LogP contribution in [0.2, 0.25) is 0 Å². The van der Waals surface area contributed by atoms with E-state index in [9.17, 15) is 4.79 Å². The number of hydrogen-bond donors (Lipinski definition) is 0. The number of nitrogens with zero attached hydrogens (tertiary/aromatic N) is 1. The van der Waals surface area contributed by atoms with E-state index in [0.29, 0.717) is 12.2 Å². The molecule has 0 aromatic carbocycles. The normalized spacial score (nSPS) is 12.4. The van der Waals surface area contributed by atoms with Crippen LogP contribution in [-0.2, 0) is 9.47 Å². The SMILES string of the molecule is C1CO1.CCOC(=O)c1cncc(C)c1. The fraction of sp³-hybridized carbons (Fsp3) is 0.455. The van der Waals surface area contributed by atoms with Crippen molar-refractivity contribution in [2.75, 3.05) is 19.8 Å². The van der Waals surface area contributed by atoms with E-state index in [1.807, 2.05) is 6.92 Å². The van der Waals surface area contributed by atoms with E-state index >= 15 is 0 Å². The van der Waals surface area contributed by atoms with E-state index in [4.69, 9.17) is 4.74 Å². The minimum absolute atomic E-state index is 0.311. The van der Waals surface area contributed by atoms with Crippen LogP contribution in [0.15, 0.2) is 18.5 Å². The van der Waals surface area contributed by atoms with Gasteiger partial charge in [-0.3, -0.25) is 4.98 Å². The molecule has 82 valence electrons. The van der Waals surface area contributed by atoms with Gasteiger partial charge in [-0.05, 0) is 25.5 Å². The predicted octanol–water partition coefficient (Wildman–Crippen LogP) is 1.58. The second-order valence-electron chi connectivity index (χ2n) is 3.08. The summed E-state index contributed by atoms with van der Waals surface area (Å²) in [5, 5.41) is 0. The van der Waals surface area contributed by atoms with Gasteiger partial charge < -0.3 is 9.47 Å². The molecule has 1 aromatic heterocycles. The molecule has 2 rings (SSSR count). The molecule has 1 aromatic rings. The molecule has 2 heterocycles. The molecule has 1 saturated heterocycles. The third-order valence-corrected chi connectivity index (χ3v) is 1.59. The molecule has 0 amide bonds. The minimum atomic E-state index is -0.311. The first-order chi connectivity index (χ1) is 7.24. The molecule has 0 atom stereocenters. The molecular weight excluding hydrogens is 194 g/mol. The number of pyridine rings is 1. The standard InChI is InChI=1S/C9H11NO2.C2H4O/c1-3-12-9(11)8-4-7(2)5-10-6-8;1-2-3-1/h4-6H,3H2,1-2H3;1-2H2. The average molecular weight is 209 g/mol. The lowest BCUT2D eigenvalue weighted by Gasteiger charge is -2.00. The van der Waals surface area contributed by atoms with Crippen molar-refractivity contribution in [1.82, 2.24) is 4.98 Å². The summed E-state index contributed by atoms with van der Waals surface area (Å²) in [4.78, 5) is 15.0. The number of carbonyl (C=O) groups is 1. The first-order valence-electron chi connectivity index (χ1n) is 4.90. The Balaban J connectivity index is 0.000000319. The zero-order chi connectivity index (χ0) is 11.1. The van der Waals surface area contributed by atoms with Crippen LogP contribution in [-0.4, -0.2) is 30.8 Å². The Bertz CT molecular complexity index is 321. The number of aromatic nitrogens is 1. The Morgan fingerprint density at radius 2 is 2.20 bits per heavy atom. The fourth-order valence-corrected chi connectivity index (χ4v) is 0.881. The van der Waals surface area contributed by atoms with Gasteiger partial charge >= 0.3 is 5.97 Å². The second-order valence-corrected chi connectivity index (χ2v) is 3.08. The maximum atomic E-state index is 11.1. The van der Waals surface area contributed by atoms with Gasteiger partial charge in [-0.15, -0.1) is 0 Å². The summed E-state index contributed by atoms with van der Waals surface area (Å²) in [7, 11) is 0. The van der Waals surface area contributed by atoms with Crippen LogP contribution in [0.5, 0.6) is 0 Å². The van der Waals surface area contributed by atoms with E-state index in [2.05, 4.69) is 9.72 Å². The van der Waals surface area contributed by atoms with Crippen LogP contribution in [0.1, 0.15) is 22.8 Å². The molecular formula is C11H15NO3. The van der Waals surface area contributed by atoms with E-state index in [1.54, 1.807) is 19.2 Å². The third kappa shape index (κ3) is 5.12. The summed E-state index contributed by atoms with van der Waals surface area (Å²) >= 11 is 0. The highest BCUT2D eigenvalue weighted by molar-refractivity contribution is 5.89. The predicted molar refractivity (Wildman–Crippen MR) is 55.7 cm³/mol. The van der Waals surface area contributed by atoms with Crippen molar-refractivity contribution in [3.05, 3.63) is 29.6 Å². The van der Waals surface area contributed by atoms with Crippen LogP contribution in [0.25, 0.3) is 0 Å². The molecule has 0 spiro atoms. The van der Waals surface area contributed by atoms with Crippen molar-refractivity contribution >= 4 is 5.97 Å². The number of hydrogen-bond acceptors (Lipinski definition) is 4. The molecule has 0 aliphatic carbocycles. The van der Waals surface area contributed by atoms with Crippen LogP contribution >= 0.6 is 0 Å². The zero-order valence-electron chi connectivity index (χ0n) is 9.03. The largest absolute Gasteiger partial charge is 0.462 e. The van der Waals surface area contributed by atoms with Crippen LogP contribution in [0.3, 0.4) is 0 Å². The first kappa shape index (κ1) is 11.7. The number of ether oxygens (including phenoxy) is 2. The number of rotatable bonds is 2. The van der Waals surface area contributed by atoms with E-state index in [0.717, 1.165) is 18.8 Å². The Morgan fingerprint density at radius 3 is 2.67 bits per heavy atom. The van der Waals surface area contributed by atoms with Gasteiger partial charge in [-0.2, -0.15) is 0 Å². The highest BCUT2D eigenvalue weighted by Gasteiger charge is 2.05. The lowest BCUT2D eigenvalue weighted by Crippen LogP contribution is -2.04. The maximum absolute atomic E-state index is 11.1. The van der Waals surface area contributed by atoms with Crippen LogP contribution in [0.4, 0.5) is 0 Å². The molecule has 4 heteroatoms. The van der Waals surface area contributed by atoms with Gasteiger partial charge in [-0.25, -0.2) is 4.79 Å². The summed E-state index contributed by atoms with van der Waals surface area (Å²) < 4.78 is 9.30. The van der Waals surface area contributed by atoms with E-state index in [1.165, 1.54) is 6.20 Å². The topological polar surface area (TPSA) is 51.7 Å². The van der Waals surface area contributed by atoms with Crippen molar-refractivity contribution in [3.8, 4) is 0 Å². The second kappa shape index (κ2) is 6.14. The van der Waals surface area contributed by atoms with E-state index < -0.39 is 0 Å². The first-order valence-corrected chi connectivity index (χ1v) is 4.90. The Morgan fingerprint density at radius 1 is 1.53 bits per heavy atom. The molecule has 0 unspecified atom stereocenters. The molecule has 0 N–H and O–H groups in total. The van der Waals surface area contributed by atoms with Gasteiger partial charge in [0.15, 0.2) is 0 Å². The number of carbonyl (C=O) groups excluding carboxylic acids is 1. The van der Waals surface area contributed by atoms with Crippen molar-refractivity contribution in [3.63, 3.8) is 0 Å². The zero-order valence-corrected chi connectivity index (χ0v) is 9.03. The van der Waals surface area contributed by atoms with Crippen molar-refractivity contribution in [2.45, 2.75) is 13.8 Å². The number of epoxide rings is 1. The van der Waals surface area contributed by atoms with Gasteiger partial charge in [0.05, 0.1) is 25.4 Å². The molecule has 15 heavy (non-hydrogen) atoms. The average Bonchev–Trinajstić information content (AvgIpc) is 3.05. The van der Waals surface area contributed by atoms with Gasteiger partial charge in [0.1, 0.15) is 0 Å². The van der Waals surface area contributed by atoms with Crippen LogP contribution in [0, 0.1) is 6.92 Å². The minimum Gasteiger partial charge on any atom is -0.462 e. The third-order valence-electron chi connectivity index (χ3n) is 1.59. The Labute approximate surface area is 89.2 Å². The van der Waals surface area contributed by atoms with Crippen molar-refractivity contribution in [2.24, 2.45) is 0 Å². The smallest absolute Gasteiger partial charge is 0.339 e. The van der Waals surface area contributed by atoms with Gasteiger partial charge in [0.2, 0.25) is 0 Å². The van der Waals surface area contributed by atoms with Crippen molar-refractivity contribution in [1.29, 1.82) is 0 Å². The summed E-state index contributed by atoms with van der Waals surface area (Å²) in [5.74, 6) is -0.311. The quantitative estimate of drug-likeness (QED) is 0.548. The summed E-state index contributed by atoms with van der Waals surface area (Å²) in [6.07, 6.45) is 3.20. The van der Waals surface area contributed by atoms with Gasteiger partial charge in [0.25, 0.3) is 0 Å². The molecule has 0 radical (unpaired) electrons. The van der Waals surface area contributed by atoms with Gasteiger partial charge in [0, 0.05) is 12.4 Å². The molecule has 1 fully saturated rings. The summed E-state index contributed by atoms with van der Waals surface area (Å²) in [6, 6.07) is 1.75. The van der Waals surface area contributed by atoms with Crippen molar-refractivity contribution < 1.29 is 14.3 Å².